The Morgan fingerprint density at radius 3 is 2.50 bits per heavy atom. The summed E-state index contributed by atoms with van der Waals surface area (Å²) in [5.74, 6) is 0. The number of anilines is 1. The van der Waals surface area contributed by atoms with Crippen molar-refractivity contribution >= 4 is 15.7 Å². The van der Waals surface area contributed by atoms with E-state index < -0.39 is 15.4 Å². The number of benzene rings is 2. The fourth-order valence-electron chi connectivity index (χ4n) is 3.29. The summed E-state index contributed by atoms with van der Waals surface area (Å²) >= 11 is 0. The van der Waals surface area contributed by atoms with E-state index in [1.54, 1.807) is 6.07 Å². The van der Waals surface area contributed by atoms with Gasteiger partial charge in [-0.05, 0) is 36.1 Å². The van der Waals surface area contributed by atoms with Gasteiger partial charge in [-0.3, -0.25) is 5.32 Å². The van der Waals surface area contributed by atoms with Crippen molar-refractivity contribution in [3.8, 4) is 0 Å². The Balaban J connectivity index is 0.000000143. The maximum atomic E-state index is 11.1. The van der Waals surface area contributed by atoms with Gasteiger partial charge in [0.1, 0.15) is 0 Å². The second kappa shape index (κ2) is 6.93. The second-order valence-electron chi connectivity index (χ2n) is 6.01. The Kier molecular flexibility index (Phi) is 4.89. The van der Waals surface area contributed by atoms with Crippen LogP contribution in [0.15, 0.2) is 48.5 Å². The third kappa shape index (κ3) is 3.45. The molecule has 0 saturated carbocycles. The molecule has 2 aromatic carbocycles. The number of fused-ring (bicyclic) bond motifs is 2. The van der Waals surface area contributed by atoms with Gasteiger partial charge in [0.15, 0.2) is 5.37 Å². The van der Waals surface area contributed by atoms with Gasteiger partial charge >= 0.3 is 0 Å². The quantitative estimate of drug-likeness (QED) is 0.874. The van der Waals surface area contributed by atoms with Gasteiger partial charge in [0.05, 0.1) is 0 Å². The number of nitrogens with one attached hydrogen (secondary N) is 1. The number of hydrogen-bond acceptors (Lipinski definition) is 4. The van der Waals surface area contributed by atoms with Crippen LogP contribution >= 0.6 is 0 Å². The fraction of sp³-hybridized carbons (Fsp3) is 0.333. The van der Waals surface area contributed by atoms with Crippen LogP contribution < -0.4 is 15.4 Å². The average molecular weight is 345 g/mol. The molecule has 2 aliphatic heterocycles. The van der Waals surface area contributed by atoms with Gasteiger partial charge in [0.2, 0.25) is 10.0 Å². The Morgan fingerprint density at radius 1 is 1.12 bits per heavy atom. The first-order valence-electron chi connectivity index (χ1n) is 8.16. The molecule has 0 amide bonds. The molecule has 0 saturated heterocycles. The van der Waals surface area contributed by atoms with Gasteiger partial charge in [-0.2, -0.15) is 0 Å². The summed E-state index contributed by atoms with van der Waals surface area (Å²) in [6, 6.07) is 16.1. The first-order valence-corrected chi connectivity index (χ1v) is 9.77. The number of nitrogens with two attached hydrogens (primary N) is 1. The molecule has 5 nitrogen and oxygen atoms in total. The standard InChI is InChI=1S/C10H13N.C8H10N2O2S/c1-2-11-8-7-9-5-3-4-6-10(9)11;9-13(11,12)8-7-4-2-1-3-6(7)5-10-8/h3-6H,2,7-8H2,1H3;1-4,8,10H,5H2,(H2,9,11,12). The van der Waals surface area contributed by atoms with Gasteiger partial charge in [0.25, 0.3) is 0 Å². The molecule has 0 aliphatic carbocycles. The summed E-state index contributed by atoms with van der Waals surface area (Å²) in [5.41, 5.74) is 4.72. The second-order valence-corrected chi connectivity index (χ2v) is 7.66. The summed E-state index contributed by atoms with van der Waals surface area (Å²) in [7, 11) is -3.53. The third-order valence-electron chi connectivity index (χ3n) is 4.51. The number of sulfonamides is 1. The Bertz CT molecular complexity index is 821. The van der Waals surface area contributed by atoms with Crippen LogP contribution in [0, 0.1) is 0 Å². The van der Waals surface area contributed by atoms with Crippen molar-refractivity contribution in [3.05, 3.63) is 65.2 Å². The lowest BCUT2D eigenvalue weighted by atomic mass is 10.1. The van der Waals surface area contributed by atoms with E-state index in [2.05, 4.69) is 41.4 Å². The molecule has 128 valence electrons. The Hall–Kier alpha value is -1.89. The Labute approximate surface area is 143 Å². The number of nitrogens with zero attached hydrogens (tertiary/aromatic N) is 1. The number of likely N-dealkylation sites (N-methyl/N-ethyl adjacent to an activating group) is 1. The zero-order valence-electron chi connectivity index (χ0n) is 13.8. The van der Waals surface area contributed by atoms with Crippen LogP contribution in [0.3, 0.4) is 0 Å². The topological polar surface area (TPSA) is 75.4 Å². The highest BCUT2D eigenvalue weighted by Crippen LogP contribution is 2.27. The van der Waals surface area contributed by atoms with Crippen LogP contribution in [0.5, 0.6) is 0 Å². The van der Waals surface area contributed by atoms with E-state index in [0.29, 0.717) is 6.54 Å². The van der Waals surface area contributed by atoms with Crippen molar-refractivity contribution in [2.75, 3.05) is 18.0 Å². The summed E-state index contributed by atoms with van der Waals surface area (Å²) in [4.78, 5) is 2.43. The molecule has 2 aliphatic rings. The molecule has 6 heteroatoms. The maximum Gasteiger partial charge on any atom is 0.229 e. The largest absolute Gasteiger partial charge is 0.371 e. The number of hydrogen-bond donors (Lipinski definition) is 2. The van der Waals surface area contributed by atoms with Crippen molar-refractivity contribution in [3.63, 3.8) is 0 Å². The molecule has 1 atom stereocenters. The van der Waals surface area contributed by atoms with Crippen LogP contribution in [-0.4, -0.2) is 21.5 Å². The van der Waals surface area contributed by atoms with E-state index >= 15 is 0 Å². The lowest BCUT2D eigenvalue weighted by Crippen LogP contribution is -2.28. The smallest absolute Gasteiger partial charge is 0.229 e. The molecule has 0 radical (unpaired) electrons. The molecule has 24 heavy (non-hydrogen) atoms. The van der Waals surface area contributed by atoms with E-state index in [-0.39, 0.29) is 0 Å². The molecule has 1 unspecified atom stereocenters. The van der Waals surface area contributed by atoms with Crippen LogP contribution in [0.1, 0.15) is 29.0 Å². The van der Waals surface area contributed by atoms with Crippen LogP contribution in [0.2, 0.25) is 0 Å². The molecule has 0 aromatic heterocycles. The van der Waals surface area contributed by atoms with Crippen molar-refractivity contribution < 1.29 is 8.42 Å². The first kappa shape index (κ1) is 17.0. The van der Waals surface area contributed by atoms with Gasteiger partial charge in [0, 0.05) is 25.3 Å². The van der Waals surface area contributed by atoms with E-state index in [9.17, 15) is 8.42 Å². The van der Waals surface area contributed by atoms with Gasteiger partial charge in [-0.15, -0.1) is 0 Å². The highest BCUT2D eigenvalue weighted by Gasteiger charge is 2.29. The third-order valence-corrected chi connectivity index (χ3v) is 5.59. The predicted molar refractivity (Wildman–Crippen MR) is 97.2 cm³/mol. The molecule has 2 aromatic rings. The SMILES string of the molecule is CCN1CCc2ccccc21.NS(=O)(=O)C1NCc2ccccc21. The predicted octanol–water partition coefficient (Wildman–Crippen LogP) is 2.15. The molecule has 4 rings (SSSR count). The van der Waals surface area contributed by atoms with E-state index in [4.69, 9.17) is 5.14 Å². The average Bonchev–Trinajstić information content (AvgIpc) is 3.19. The van der Waals surface area contributed by atoms with Crippen molar-refractivity contribution in [2.45, 2.75) is 25.3 Å². The molecule has 2 heterocycles. The molecule has 0 spiro atoms. The van der Waals surface area contributed by atoms with Crippen molar-refractivity contribution in [1.29, 1.82) is 0 Å². The molecule has 0 fully saturated rings. The van der Waals surface area contributed by atoms with E-state index in [1.807, 2.05) is 18.2 Å². The van der Waals surface area contributed by atoms with Crippen LogP contribution in [-0.2, 0) is 23.0 Å². The van der Waals surface area contributed by atoms with Crippen LogP contribution in [0.4, 0.5) is 5.69 Å². The highest BCUT2D eigenvalue weighted by molar-refractivity contribution is 7.89. The lowest BCUT2D eigenvalue weighted by molar-refractivity contribution is 0.569. The fourth-order valence-corrected chi connectivity index (χ4v) is 4.19. The summed E-state index contributed by atoms with van der Waals surface area (Å²) in [6.07, 6.45) is 1.23. The summed E-state index contributed by atoms with van der Waals surface area (Å²) < 4.78 is 22.2. The molecule has 3 N–H and O–H groups in total. The zero-order valence-corrected chi connectivity index (χ0v) is 14.6. The monoisotopic (exact) mass is 345 g/mol. The summed E-state index contributed by atoms with van der Waals surface area (Å²) in [5, 5.41) is 7.18. The van der Waals surface area contributed by atoms with Gasteiger partial charge in [-0.1, -0.05) is 42.5 Å². The summed E-state index contributed by atoms with van der Waals surface area (Å²) in [6.45, 7) is 5.12. The van der Waals surface area contributed by atoms with Crippen LogP contribution in [0.25, 0.3) is 0 Å². The zero-order chi connectivity index (χ0) is 17.2. The minimum Gasteiger partial charge on any atom is -0.371 e. The number of para-hydroxylation sites is 1. The van der Waals surface area contributed by atoms with E-state index in [1.165, 1.54) is 24.2 Å². The molecule has 0 bridgehead atoms. The Morgan fingerprint density at radius 2 is 1.79 bits per heavy atom. The highest BCUT2D eigenvalue weighted by atomic mass is 32.2. The molecular formula is C18H23N3O2S. The van der Waals surface area contributed by atoms with Gasteiger partial charge in [-0.25, -0.2) is 13.6 Å². The maximum absolute atomic E-state index is 11.1. The minimum absolute atomic E-state index is 0.567. The first-order chi connectivity index (χ1) is 11.5. The van der Waals surface area contributed by atoms with Crippen molar-refractivity contribution in [1.82, 2.24) is 5.32 Å². The minimum atomic E-state index is -3.53. The van der Waals surface area contributed by atoms with Crippen molar-refractivity contribution in [2.24, 2.45) is 5.14 Å². The van der Waals surface area contributed by atoms with E-state index in [0.717, 1.165) is 17.7 Å². The number of primary sulfonamides is 1. The normalized spacial score (nSPS) is 18.6. The van der Waals surface area contributed by atoms with Gasteiger partial charge < -0.3 is 4.90 Å². The molecular weight excluding hydrogens is 322 g/mol. The number of rotatable bonds is 2. The lowest BCUT2D eigenvalue weighted by Gasteiger charge is -2.15.